The molecule has 2 saturated carbocycles. The highest BCUT2D eigenvalue weighted by Gasteiger charge is 2.50. The number of likely N-dealkylation sites (N-methyl/N-ethyl adjacent to an activating group) is 1. The molecular formula is C23H29N5O3S. The molecule has 1 aromatic carbocycles. The van der Waals surface area contributed by atoms with Gasteiger partial charge >= 0.3 is 0 Å². The quantitative estimate of drug-likeness (QED) is 0.375. The highest BCUT2D eigenvalue weighted by Crippen LogP contribution is 2.42. The number of nitrogens with one attached hydrogen (secondary N) is 2. The Balaban J connectivity index is 1.30. The van der Waals surface area contributed by atoms with Crippen LogP contribution in [0.3, 0.4) is 0 Å². The maximum atomic E-state index is 12.5. The van der Waals surface area contributed by atoms with Crippen LogP contribution in [0, 0.1) is 5.92 Å². The van der Waals surface area contributed by atoms with Crippen LogP contribution in [0.5, 0.6) is 11.5 Å². The van der Waals surface area contributed by atoms with Crippen LogP contribution in [0.25, 0.3) is 0 Å². The van der Waals surface area contributed by atoms with Gasteiger partial charge in [0.2, 0.25) is 12.3 Å². The van der Waals surface area contributed by atoms with E-state index >= 15 is 0 Å². The van der Waals surface area contributed by atoms with Gasteiger partial charge in [-0.15, -0.1) is 0 Å². The predicted octanol–water partition coefficient (Wildman–Crippen LogP) is 2.87. The minimum absolute atomic E-state index is 0.136. The van der Waals surface area contributed by atoms with E-state index in [0.29, 0.717) is 30.4 Å². The second kappa shape index (κ2) is 9.87. The average molecular weight is 456 g/mol. The number of amides is 2. The van der Waals surface area contributed by atoms with Gasteiger partial charge in [0.15, 0.2) is 5.75 Å². The number of carbonyl (C=O) groups excluding carboxylic acids is 2. The van der Waals surface area contributed by atoms with E-state index in [1.807, 2.05) is 31.3 Å². The topological polar surface area (TPSA) is 96.5 Å². The minimum atomic E-state index is -0.857. The minimum Gasteiger partial charge on any atom is -0.454 e. The summed E-state index contributed by atoms with van der Waals surface area (Å²) in [4.78, 5) is 32.5. The van der Waals surface area contributed by atoms with Crippen molar-refractivity contribution in [1.29, 1.82) is 0 Å². The Kier molecular flexibility index (Phi) is 6.95. The molecule has 9 heteroatoms. The lowest BCUT2D eigenvalue weighted by molar-refractivity contribution is -0.129. The summed E-state index contributed by atoms with van der Waals surface area (Å²) < 4.78 is 7.93. The van der Waals surface area contributed by atoms with Crippen molar-refractivity contribution in [2.75, 3.05) is 19.8 Å². The number of hydrogen-bond donors (Lipinski definition) is 2. The molecule has 2 amide bonds. The fraction of sp³-hybridized carbons (Fsp3) is 0.478. The maximum Gasteiger partial charge on any atom is 0.246 e. The van der Waals surface area contributed by atoms with Gasteiger partial charge < -0.3 is 15.4 Å². The summed E-state index contributed by atoms with van der Waals surface area (Å²) in [5.41, 5.74) is 0.262. The lowest BCUT2D eigenvalue weighted by Crippen LogP contribution is -2.60. The van der Waals surface area contributed by atoms with E-state index in [9.17, 15) is 9.59 Å². The van der Waals surface area contributed by atoms with Crippen LogP contribution in [-0.2, 0) is 16.1 Å². The standard InChI is InChI=1S/C23H29N5O3S/c1-24-22(30)23(27-15-29,18-7-8-18)14-32-28(2)13-16-3-9-19(10-4-16)31-20-11-25-21(26-12-20)17-5-6-17/h3-4,9-12,15,17-18H,5-8,13-14H2,1-2H3,(H,24,30)(H,27,29). The van der Waals surface area contributed by atoms with Crippen LogP contribution in [0.2, 0.25) is 0 Å². The largest absolute Gasteiger partial charge is 0.454 e. The number of carbonyl (C=O) groups is 2. The van der Waals surface area contributed by atoms with Gasteiger partial charge in [0.1, 0.15) is 17.1 Å². The zero-order chi connectivity index (χ0) is 22.6. The van der Waals surface area contributed by atoms with E-state index in [1.165, 1.54) is 12.8 Å². The highest BCUT2D eigenvalue weighted by atomic mass is 32.2. The van der Waals surface area contributed by atoms with Crippen molar-refractivity contribution in [3.05, 3.63) is 48.0 Å². The van der Waals surface area contributed by atoms with Crippen LogP contribution >= 0.6 is 11.9 Å². The normalized spacial score (nSPS) is 17.5. The number of aromatic nitrogens is 2. The van der Waals surface area contributed by atoms with Gasteiger partial charge in [-0.25, -0.2) is 14.3 Å². The van der Waals surface area contributed by atoms with Crippen LogP contribution < -0.4 is 15.4 Å². The monoisotopic (exact) mass is 455 g/mol. The van der Waals surface area contributed by atoms with E-state index in [1.54, 1.807) is 31.4 Å². The molecule has 2 aliphatic carbocycles. The number of hydrogen-bond acceptors (Lipinski definition) is 7. The Labute approximate surface area is 192 Å². The predicted molar refractivity (Wildman–Crippen MR) is 123 cm³/mol. The number of benzene rings is 1. The van der Waals surface area contributed by atoms with Crippen molar-refractivity contribution >= 4 is 24.3 Å². The second-order valence-corrected chi connectivity index (χ2v) is 9.61. The lowest BCUT2D eigenvalue weighted by atomic mass is 9.94. The molecule has 1 unspecified atom stereocenters. The van der Waals surface area contributed by atoms with Crippen LogP contribution in [0.4, 0.5) is 0 Å². The Morgan fingerprint density at radius 1 is 1.19 bits per heavy atom. The molecule has 0 saturated heterocycles. The Hall–Kier alpha value is -2.65. The first-order valence-corrected chi connectivity index (χ1v) is 11.8. The Morgan fingerprint density at radius 2 is 1.88 bits per heavy atom. The second-order valence-electron chi connectivity index (χ2n) is 8.44. The fourth-order valence-electron chi connectivity index (χ4n) is 3.74. The van der Waals surface area contributed by atoms with Crippen molar-refractivity contribution in [1.82, 2.24) is 24.9 Å². The van der Waals surface area contributed by atoms with Crippen LogP contribution in [0.1, 0.15) is 43.0 Å². The molecule has 1 heterocycles. The summed E-state index contributed by atoms with van der Waals surface area (Å²) in [5.74, 6) is 3.33. The highest BCUT2D eigenvalue weighted by molar-refractivity contribution is 7.97. The molecule has 2 fully saturated rings. The third kappa shape index (κ3) is 5.39. The zero-order valence-corrected chi connectivity index (χ0v) is 19.2. The molecule has 2 aliphatic rings. The van der Waals surface area contributed by atoms with E-state index in [2.05, 4.69) is 24.9 Å². The zero-order valence-electron chi connectivity index (χ0n) is 18.4. The third-order valence-corrected chi connectivity index (χ3v) is 7.04. The molecule has 1 aromatic heterocycles. The summed E-state index contributed by atoms with van der Waals surface area (Å²) in [5, 5.41) is 5.51. The lowest BCUT2D eigenvalue weighted by Gasteiger charge is -2.32. The van der Waals surface area contributed by atoms with E-state index < -0.39 is 5.54 Å². The molecule has 32 heavy (non-hydrogen) atoms. The Bertz CT molecular complexity index is 932. The van der Waals surface area contributed by atoms with Gasteiger partial charge in [0.05, 0.1) is 12.4 Å². The molecule has 1 atom stereocenters. The van der Waals surface area contributed by atoms with Gasteiger partial charge in [-0.05, 0) is 56.3 Å². The molecule has 0 bridgehead atoms. The summed E-state index contributed by atoms with van der Waals surface area (Å²) >= 11 is 1.55. The first-order chi connectivity index (χ1) is 15.5. The van der Waals surface area contributed by atoms with E-state index in [-0.39, 0.29) is 11.8 Å². The average Bonchev–Trinajstić information content (AvgIpc) is 3.71. The van der Waals surface area contributed by atoms with Crippen molar-refractivity contribution in [2.24, 2.45) is 5.92 Å². The summed E-state index contributed by atoms with van der Waals surface area (Å²) in [7, 11) is 3.59. The molecule has 2 aromatic rings. The van der Waals surface area contributed by atoms with Crippen molar-refractivity contribution in [3.8, 4) is 11.5 Å². The summed E-state index contributed by atoms with van der Waals surface area (Å²) in [6, 6.07) is 7.88. The molecule has 0 spiro atoms. The molecule has 170 valence electrons. The molecular weight excluding hydrogens is 426 g/mol. The van der Waals surface area contributed by atoms with Crippen molar-refractivity contribution < 1.29 is 14.3 Å². The summed E-state index contributed by atoms with van der Waals surface area (Å²) in [6.07, 6.45) is 8.35. The molecule has 8 nitrogen and oxygen atoms in total. The molecule has 4 rings (SSSR count). The SMILES string of the molecule is CNC(=O)C(CSN(C)Cc1ccc(Oc2cnc(C3CC3)nc2)cc1)(NC=O)C1CC1. The first-order valence-electron chi connectivity index (χ1n) is 10.9. The Morgan fingerprint density at radius 3 is 2.44 bits per heavy atom. The van der Waals surface area contributed by atoms with Gasteiger partial charge in [-0.1, -0.05) is 24.1 Å². The van der Waals surface area contributed by atoms with E-state index in [4.69, 9.17) is 4.74 Å². The smallest absolute Gasteiger partial charge is 0.246 e. The van der Waals surface area contributed by atoms with Gasteiger partial charge in [-0.3, -0.25) is 9.59 Å². The molecule has 0 radical (unpaired) electrons. The molecule has 2 N–H and O–H groups in total. The van der Waals surface area contributed by atoms with Crippen molar-refractivity contribution in [3.63, 3.8) is 0 Å². The first kappa shape index (κ1) is 22.5. The fourth-order valence-corrected chi connectivity index (χ4v) is 4.86. The third-order valence-electron chi connectivity index (χ3n) is 5.89. The van der Waals surface area contributed by atoms with Gasteiger partial charge in [-0.2, -0.15) is 0 Å². The van der Waals surface area contributed by atoms with E-state index in [0.717, 1.165) is 30.0 Å². The summed E-state index contributed by atoms with van der Waals surface area (Å²) in [6.45, 7) is 0.694. The van der Waals surface area contributed by atoms with Gasteiger partial charge in [0, 0.05) is 25.3 Å². The number of rotatable bonds is 12. The molecule has 0 aliphatic heterocycles. The number of nitrogens with zero attached hydrogens (tertiary/aromatic N) is 3. The maximum absolute atomic E-state index is 12.5. The number of ether oxygens (including phenoxy) is 1. The van der Waals surface area contributed by atoms with Crippen molar-refractivity contribution in [2.45, 2.75) is 43.7 Å². The van der Waals surface area contributed by atoms with Crippen LogP contribution in [-0.4, -0.2) is 52.0 Å². The van der Waals surface area contributed by atoms with Gasteiger partial charge in [0.25, 0.3) is 0 Å². The van der Waals surface area contributed by atoms with Crippen LogP contribution in [0.15, 0.2) is 36.7 Å².